The average molecular weight is 312 g/mol. The minimum Gasteiger partial charge on any atom is -0.104 e. The topological polar surface area (TPSA) is 0 Å². The molecular weight excluding hydrogens is 278 g/mol. The van der Waals surface area contributed by atoms with Crippen LogP contribution < -0.4 is 0 Å². The largest absolute Gasteiger partial charge is 0.104 e. The summed E-state index contributed by atoms with van der Waals surface area (Å²) in [7, 11) is 1.11. The molecule has 2 bridgehead atoms. The summed E-state index contributed by atoms with van der Waals surface area (Å²) in [5.41, 5.74) is 6.18. The molecule has 2 unspecified atom stereocenters. The van der Waals surface area contributed by atoms with Crippen LogP contribution in [0, 0.1) is 0 Å². The minimum atomic E-state index is 0. The number of fused-ring (bicyclic) bond motifs is 2. The van der Waals surface area contributed by atoms with Crippen molar-refractivity contribution >= 4 is 15.8 Å². The van der Waals surface area contributed by atoms with E-state index < -0.39 is 0 Å². The van der Waals surface area contributed by atoms with Crippen LogP contribution in [0.4, 0.5) is 0 Å². The Bertz CT molecular complexity index is 293. The zero-order valence-corrected chi connectivity index (χ0v) is 14.3. The van der Waals surface area contributed by atoms with Gasteiger partial charge in [0, 0.05) is 0 Å². The highest BCUT2D eigenvalue weighted by molar-refractivity contribution is 7.62. The van der Waals surface area contributed by atoms with Gasteiger partial charge in [0.15, 0.2) is 0 Å². The molecule has 5 rings (SSSR count). The van der Waals surface area contributed by atoms with Crippen molar-refractivity contribution in [3.63, 3.8) is 0 Å². The van der Waals surface area contributed by atoms with Gasteiger partial charge in [-0.15, -0.1) is 7.92 Å². The Hall–Kier alpha value is 0.860. The molecule has 5 aliphatic heterocycles. The van der Waals surface area contributed by atoms with Gasteiger partial charge in [0.1, 0.15) is 0 Å². The SMILES string of the molecule is C.C1CC2CC3CCC1P23.CP1C2CCCC1CCC2. The highest BCUT2D eigenvalue weighted by atomic mass is 31.1. The molecule has 0 radical (unpaired) electrons. The minimum absolute atomic E-state index is 0. The summed E-state index contributed by atoms with van der Waals surface area (Å²) in [6.07, 6.45) is 17.5. The first kappa shape index (κ1) is 15.7. The summed E-state index contributed by atoms with van der Waals surface area (Å²) in [6.45, 7) is 2.54. The van der Waals surface area contributed by atoms with Crippen molar-refractivity contribution in [1.29, 1.82) is 0 Å². The van der Waals surface area contributed by atoms with Gasteiger partial charge in [-0.05, 0) is 92.7 Å². The first-order valence-corrected chi connectivity index (χ1v) is 12.3. The summed E-state index contributed by atoms with van der Waals surface area (Å²) in [5.74, 6) is 0. The second kappa shape index (κ2) is 6.54. The van der Waals surface area contributed by atoms with Crippen molar-refractivity contribution in [2.45, 2.75) is 106 Å². The third-order valence-electron chi connectivity index (χ3n) is 6.78. The normalized spacial score (nSPS) is 51.1. The second-order valence-corrected chi connectivity index (χ2v) is 13.5. The monoisotopic (exact) mass is 312 g/mol. The predicted octanol–water partition coefficient (Wildman–Crippen LogP) is 6.40. The zero-order chi connectivity index (χ0) is 12.8. The lowest BCUT2D eigenvalue weighted by Crippen LogP contribution is -2.25. The smallest absolute Gasteiger partial charge is 0.0198 e. The lowest BCUT2D eigenvalue weighted by Gasteiger charge is -2.41. The van der Waals surface area contributed by atoms with Crippen LogP contribution in [0.1, 0.15) is 78.1 Å². The van der Waals surface area contributed by atoms with E-state index in [1.54, 1.807) is 70.6 Å². The van der Waals surface area contributed by atoms with Crippen LogP contribution in [-0.4, -0.2) is 35.0 Å². The third kappa shape index (κ3) is 2.74. The molecule has 5 aliphatic rings. The van der Waals surface area contributed by atoms with Crippen molar-refractivity contribution in [3.05, 3.63) is 0 Å². The van der Waals surface area contributed by atoms with E-state index in [0.29, 0.717) is 15.8 Å². The molecule has 5 heterocycles. The summed E-state index contributed by atoms with van der Waals surface area (Å²) in [4.78, 5) is 0. The maximum atomic E-state index is 2.54. The molecule has 0 aromatic rings. The van der Waals surface area contributed by atoms with E-state index in [9.17, 15) is 0 Å². The molecule has 0 nitrogen and oxygen atoms in total. The van der Waals surface area contributed by atoms with Crippen LogP contribution >= 0.6 is 15.8 Å². The molecule has 5 saturated heterocycles. The van der Waals surface area contributed by atoms with Crippen molar-refractivity contribution in [2.75, 3.05) is 6.66 Å². The summed E-state index contributed by atoms with van der Waals surface area (Å²) in [6, 6.07) is 0. The fourth-order valence-corrected chi connectivity index (χ4v) is 12.8. The lowest BCUT2D eigenvalue weighted by molar-refractivity contribution is 0.477. The maximum absolute atomic E-state index is 2.54. The number of rotatable bonds is 0. The Kier molecular flexibility index (Phi) is 5.15. The Balaban J connectivity index is 0.000000115. The highest BCUT2D eigenvalue weighted by Gasteiger charge is 2.52. The molecule has 5 fully saturated rings. The Morgan fingerprint density at radius 3 is 1.45 bits per heavy atom. The lowest BCUT2D eigenvalue weighted by atomic mass is 9.99. The van der Waals surface area contributed by atoms with Gasteiger partial charge in [-0.25, -0.2) is 0 Å². The molecule has 116 valence electrons. The summed E-state index contributed by atoms with van der Waals surface area (Å²) < 4.78 is 0. The van der Waals surface area contributed by atoms with E-state index >= 15 is 0 Å². The van der Waals surface area contributed by atoms with Gasteiger partial charge < -0.3 is 0 Å². The van der Waals surface area contributed by atoms with Gasteiger partial charge in [0.05, 0.1) is 0 Å². The van der Waals surface area contributed by atoms with Crippen molar-refractivity contribution in [3.8, 4) is 0 Å². The molecule has 0 amide bonds. The van der Waals surface area contributed by atoms with E-state index in [0.717, 1.165) is 0 Å². The first-order chi connectivity index (χ1) is 9.33. The zero-order valence-electron chi connectivity index (χ0n) is 12.6. The molecule has 0 spiro atoms. The summed E-state index contributed by atoms with van der Waals surface area (Å²) in [5, 5.41) is 0. The second-order valence-electron chi connectivity index (χ2n) is 7.63. The summed E-state index contributed by atoms with van der Waals surface area (Å²) >= 11 is 0. The predicted molar refractivity (Wildman–Crippen MR) is 96.2 cm³/mol. The van der Waals surface area contributed by atoms with E-state index in [1.807, 2.05) is 0 Å². The van der Waals surface area contributed by atoms with Gasteiger partial charge in [0.25, 0.3) is 0 Å². The van der Waals surface area contributed by atoms with Crippen molar-refractivity contribution in [2.24, 2.45) is 0 Å². The molecule has 0 N–H and O–H groups in total. The molecule has 20 heavy (non-hydrogen) atoms. The van der Waals surface area contributed by atoms with Crippen LogP contribution in [0.2, 0.25) is 0 Å². The van der Waals surface area contributed by atoms with Crippen LogP contribution in [0.5, 0.6) is 0 Å². The maximum Gasteiger partial charge on any atom is -0.0198 e. The van der Waals surface area contributed by atoms with Gasteiger partial charge in [-0.2, -0.15) is 0 Å². The number of hydrogen-bond donors (Lipinski definition) is 0. The van der Waals surface area contributed by atoms with E-state index in [4.69, 9.17) is 0 Å². The van der Waals surface area contributed by atoms with Crippen LogP contribution in [0.25, 0.3) is 0 Å². The van der Waals surface area contributed by atoms with Gasteiger partial charge >= 0.3 is 0 Å². The van der Waals surface area contributed by atoms with Crippen LogP contribution in [-0.2, 0) is 0 Å². The van der Waals surface area contributed by atoms with E-state index in [-0.39, 0.29) is 7.43 Å². The Labute approximate surface area is 129 Å². The highest BCUT2D eigenvalue weighted by Crippen LogP contribution is 2.75. The quantitative estimate of drug-likeness (QED) is 0.454. The molecule has 0 aromatic carbocycles. The Morgan fingerprint density at radius 1 is 0.600 bits per heavy atom. The molecule has 0 aromatic heterocycles. The first-order valence-electron chi connectivity index (χ1n) is 8.82. The van der Waals surface area contributed by atoms with E-state index in [1.165, 1.54) is 28.3 Å². The third-order valence-corrected chi connectivity index (χ3v) is 14.1. The van der Waals surface area contributed by atoms with Crippen LogP contribution in [0.3, 0.4) is 0 Å². The molecule has 0 aliphatic carbocycles. The Morgan fingerprint density at radius 2 is 1.05 bits per heavy atom. The van der Waals surface area contributed by atoms with Gasteiger partial charge in [0.2, 0.25) is 0 Å². The average Bonchev–Trinajstić information content (AvgIpc) is 2.79. The van der Waals surface area contributed by atoms with Gasteiger partial charge in [-0.3, -0.25) is 0 Å². The molecule has 2 heteroatoms. The van der Waals surface area contributed by atoms with Crippen LogP contribution in [0.15, 0.2) is 0 Å². The van der Waals surface area contributed by atoms with E-state index in [2.05, 4.69) is 6.66 Å². The molecular formula is C18H34P2. The number of hydrogen-bond acceptors (Lipinski definition) is 0. The fraction of sp³-hybridized carbons (Fsp3) is 1.00. The van der Waals surface area contributed by atoms with Crippen molar-refractivity contribution < 1.29 is 0 Å². The standard InChI is InChI=1S/C9H17P.C8H13P.CH4/c1-10-8-4-2-5-9(10)7-3-6-8;1-3-7-5-8-4-2-6(1)9(7)8;/h8-9H,2-7H2,1H3;6-8H,1-5H2;1H4. The fourth-order valence-electron chi connectivity index (χ4n) is 5.64. The van der Waals surface area contributed by atoms with Gasteiger partial charge in [-0.1, -0.05) is 28.2 Å². The molecule has 2 atom stereocenters. The molecule has 0 saturated carbocycles. The van der Waals surface area contributed by atoms with Crippen molar-refractivity contribution in [1.82, 2.24) is 0 Å².